The first kappa shape index (κ1) is 16.4. The van der Waals surface area contributed by atoms with Crippen molar-refractivity contribution in [3.63, 3.8) is 0 Å². The number of ether oxygens (including phenoxy) is 5. The molecule has 0 radical (unpaired) electrons. The summed E-state index contributed by atoms with van der Waals surface area (Å²) in [6.45, 7) is 0.761. The van der Waals surface area contributed by atoms with E-state index in [2.05, 4.69) is 0 Å². The van der Waals surface area contributed by atoms with Gasteiger partial charge in [-0.15, -0.1) is 0 Å². The van der Waals surface area contributed by atoms with Gasteiger partial charge in [0, 0.05) is 30.8 Å². The van der Waals surface area contributed by atoms with Crippen LogP contribution in [0, 0.1) is 0 Å². The Morgan fingerprint density at radius 1 is 0.962 bits per heavy atom. The van der Waals surface area contributed by atoms with Gasteiger partial charge in [0.1, 0.15) is 0 Å². The standard InChI is InChI=1S/C19H19NO6/c1-22-16-9-12-17(19(24-3)18(16)23-2)13(21)6-7-20(12)11-4-5-14-15(8-11)26-10-25-14/h4-5,8-9H,6-7,10H2,1-3H3. The molecule has 0 saturated heterocycles. The van der Waals surface area contributed by atoms with Crippen molar-refractivity contribution in [2.45, 2.75) is 6.42 Å². The van der Waals surface area contributed by atoms with Crippen molar-refractivity contribution in [2.24, 2.45) is 0 Å². The lowest BCUT2D eigenvalue weighted by Crippen LogP contribution is -2.28. The number of carbonyl (C=O) groups excluding carboxylic acids is 1. The Morgan fingerprint density at radius 3 is 2.46 bits per heavy atom. The first-order valence-electron chi connectivity index (χ1n) is 8.21. The van der Waals surface area contributed by atoms with Crippen molar-refractivity contribution in [3.8, 4) is 28.7 Å². The highest BCUT2D eigenvalue weighted by molar-refractivity contribution is 6.08. The summed E-state index contributed by atoms with van der Waals surface area (Å²) in [5, 5.41) is 0. The van der Waals surface area contributed by atoms with Gasteiger partial charge in [0.15, 0.2) is 28.8 Å². The molecule has 2 heterocycles. The Labute approximate surface area is 151 Å². The summed E-state index contributed by atoms with van der Waals surface area (Å²) in [4.78, 5) is 14.7. The zero-order chi connectivity index (χ0) is 18.3. The van der Waals surface area contributed by atoms with Gasteiger partial charge < -0.3 is 28.6 Å². The molecule has 26 heavy (non-hydrogen) atoms. The largest absolute Gasteiger partial charge is 0.493 e. The third kappa shape index (κ3) is 2.39. The Morgan fingerprint density at radius 2 is 1.73 bits per heavy atom. The number of hydrogen-bond acceptors (Lipinski definition) is 7. The van der Waals surface area contributed by atoms with Crippen LogP contribution >= 0.6 is 0 Å². The average Bonchev–Trinajstić information content (AvgIpc) is 3.14. The summed E-state index contributed by atoms with van der Waals surface area (Å²) < 4.78 is 27.2. The number of methoxy groups -OCH3 is 3. The Hall–Kier alpha value is -3.09. The highest BCUT2D eigenvalue weighted by atomic mass is 16.7. The van der Waals surface area contributed by atoms with Crippen molar-refractivity contribution in [3.05, 3.63) is 29.8 Å². The Bertz CT molecular complexity index is 879. The first-order chi connectivity index (χ1) is 12.7. The molecule has 2 aromatic rings. The normalized spacial score (nSPS) is 14.9. The van der Waals surface area contributed by atoms with Gasteiger partial charge in [-0.2, -0.15) is 0 Å². The van der Waals surface area contributed by atoms with Crippen LogP contribution in [0.3, 0.4) is 0 Å². The summed E-state index contributed by atoms with van der Waals surface area (Å²) in [7, 11) is 4.60. The molecule has 0 aliphatic carbocycles. The number of anilines is 2. The maximum atomic E-state index is 12.6. The van der Waals surface area contributed by atoms with E-state index in [-0.39, 0.29) is 12.6 Å². The Balaban J connectivity index is 1.89. The number of carbonyl (C=O) groups is 1. The highest BCUT2D eigenvalue weighted by Crippen LogP contribution is 2.49. The van der Waals surface area contributed by atoms with E-state index in [9.17, 15) is 4.79 Å². The molecule has 136 valence electrons. The lowest BCUT2D eigenvalue weighted by molar-refractivity contribution is 0.0977. The number of ketones is 1. The molecule has 0 unspecified atom stereocenters. The fraction of sp³-hybridized carbons (Fsp3) is 0.316. The Kier molecular flexibility index (Phi) is 3.99. The van der Waals surface area contributed by atoms with E-state index in [1.54, 1.807) is 13.2 Å². The summed E-state index contributed by atoms with van der Waals surface area (Å²) >= 11 is 0. The van der Waals surface area contributed by atoms with E-state index in [4.69, 9.17) is 23.7 Å². The second-order valence-corrected chi connectivity index (χ2v) is 5.90. The van der Waals surface area contributed by atoms with Gasteiger partial charge in [-0.05, 0) is 12.1 Å². The zero-order valence-corrected chi connectivity index (χ0v) is 14.8. The molecule has 7 nitrogen and oxygen atoms in total. The quantitative estimate of drug-likeness (QED) is 0.832. The van der Waals surface area contributed by atoms with Gasteiger partial charge >= 0.3 is 0 Å². The van der Waals surface area contributed by atoms with Crippen LogP contribution in [0.2, 0.25) is 0 Å². The predicted octanol–water partition coefficient (Wildman–Crippen LogP) is 3.17. The van der Waals surface area contributed by atoms with Crippen LogP contribution in [-0.4, -0.2) is 40.5 Å². The minimum absolute atomic E-state index is 0.00907. The van der Waals surface area contributed by atoms with Crippen LogP contribution < -0.4 is 28.6 Å². The van der Waals surface area contributed by atoms with Gasteiger partial charge in [0.25, 0.3) is 0 Å². The van der Waals surface area contributed by atoms with Crippen molar-refractivity contribution >= 4 is 17.2 Å². The number of fused-ring (bicyclic) bond motifs is 2. The fourth-order valence-electron chi connectivity index (χ4n) is 3.41. The molecule has 0 aromatic heterocycles. The molecular weight excluding hydrogens is 338 g/mol. The van der Waals surface area contributed by atoms with Gasteiger partial charge in [0.05, 0.1) is 32.6 Å². The summed E-state index contributed by atoms with van der Waals surface area (Å²) in [5.41, 5.74) is 2.11. The van der Waals surface area contributed by atoms with Crippen molar-refractivity contribution in [1.82, 2.24) is 0 Å². The number of nitrogens with zero attached hydrogens (tertiary/aromatic N) is 1. The van der Waals surface area contributed by atoms with Crippen LogP contribution in [0.1, 0.15) is 16.8 Å². The number of Topliss-reactive ketones (excluding diaryl/α,β-unsaturated/α-hetero) is 1. The molecule has 2 aliphatic heterocycles. The first-order valence-corrected chi connectivity index (χ1v) is 8.21. The van der Waals surface area contributed by atoms with E-state index in [1.807, 2.05) is 23.1 Å². The third-order valence-electron chi connectivity index (χ3n) is 4.61. The smallest absolute Gasteiger partial charge is 0.231 e. The SMILES string of the molecule is COc1cc2c(c(OC)c1OC)C(=O)CCN2c1ccc2c(c1)OCO2. The monoisotopic (exact) mass is 357 g/mol. The molecule has 0 N–H and O–H groups in total. The number of hydrogen-bond donors (Lipinski definition) is 0. The summed E-state index contributed by atoms with van der Waals surface area (Å²) in [6, 6.07) is 7.52. The van der Waals surface area contributed by atoms with E-state index in [0.29, 0.717) is 47.3 Å². The molecule has 4 rings (SSSR count). The minimum Gasteiger partial charge on any atom is -0.493 e. The molecule has 0 bridgehead atoms. The molecule has 7 heteroatoms. The molecule has 0 saturated carbocycles. The average molecular weight is 357 g/mol. The van der Waals surface area contributed by atoms with Crippen LogP contribution in [0.4, 0.5) is 11.4 Å². The van der Waals surface area contributed by atoms with Crippen LogP contribution in [-0.2, 0) is 0 Å². The zero-order valence-electron chi connectivity index (χ0n) is 14.8. The van der Waals surface area contributed by atoms with E-state index < -0.39 is 0 Å². The van der Waals surface area contributed by atoms with Crippen LogP contribution in [0.15, 0.2) is 24.3 Å². The van der Waals surface area contributed by atoms with Gasteiger partial charge in [-0.25, -0.2) is 0 Å². The lowest BCUT2D eigenvalue weighted by Gasteiger charge is -2.32. The van der Waals surface area contributed by atoms with E-state index in [1.165, 1.54) is 14.2 Å². The maximum absolute atomic E-state index is 12.6. The molecule has 2 aromatic carbocycles. The second-order valence-electron chi connectivity index (χ2n) is 5.90. The van der Waals surface area contributed by atoms with E-state index in [0.717, 1.165) is 11.4 Å². The maximum Gasteiger partial charge on any atom is 0.231 e. The van der Waals surface area contributed by atoms with Crippen LogP contribution in [0.25, 0.3) is 0 Å². The number of benzene rings is 2. The van der Waals surface area contributed by atoms with E-state index >= 15 is 0 Å². The second kappa shape index (κ2) is 6.33. The third-order valence-corrected chi connectivity index (χ3v) is 4.61. The molecule has 0 fully saturated rings. The molecule has 0 spiro atoms. The topological polar surface area (TPSA) is 66.5 Å². The molecule has 0 atom stereocenters. The van der Waals surface area contributed by atoms with Gasteiger partial charge in [0.2, 0.25) is 12.5 Å². The molecule has 0 amide bonds. The summed E-state index contributed by atoms with van der Waals surface area (Å²) in [6.07, 6.45) is 0.368. The molecular formula is C19H19NO6. The fourth-order valence-corrected chi connectivity index (χ4v) is 3.41. The summed E-state index contributed by atoms with van der Waals surface area (Å²) in [5.74, 6) is 2.71. The van der Waals surface area contributed by atoms with Crippen LogP contribution in [0.5, 0.6) is 28.7 Å². The predicted molar refractivity (Wildman–Crippen MR) is 94.6 cm³/mol. The van der Waals surface area contributed by atoms with Gasteiger partial charge in [-0.3, -0.25) is 4.79 Å². The lowest BCUT2D eigenvalue weighted by atomic mass is 9.97. The van der Waals surface area contributed by atoms with Crippen molar-refractivity contribution in [2.75, 3.05) is 39.6 Å². The number of rotatable bonds is 4. The minimum atomic E-state index is 0.00907. The molecule has 2 aliphatic rings. The highest BCUT2D eigenvalue weighted by Gasteiger charge is 2.32. The van der Waals surface area contributed by atoms with Crippen molar-refractivity contribution in [1.29, 1.82) is 0 Å². The van der Waals surface area contributed by atoms with Gasteiger partial charge in [-0.1, -0.05) is 0 Å². The van der Waals surface area contributed by atoms with Crippen molar-refractivity contribution < 1.29 is 28.5 Å².